The summed E-state index contributed by atoms with van der Waals surface area (Å²) >= 11 is 4.97. The van der Waals surface area contributed by atoms with Gasteiger partial charge in [0.15, 0.2) is 0 Å². The number of thiophene rings is 1. The van der Waals surface area contributed by atoms with E-state index in [1.54, 1.807) is 41.5 Å². The second-order valence-corrected chi connectivity index (χ2v) is 5.82. The van der Waals surface area contributed by atoms with Crippen LogP contribution < -0.4 is 0 Å². The highest BCUT2D eigenvalue weighted by molar-refractivity contribution is 9.10. The zero-order chi connectivity index (χ0) is 13.1. The Morgan fingerprint density at radius 3 is 2.78 bits per heavy atom. The second-order valence-electron chi connectivity index (χ2n) is 3.91. The molecule has 1 heterocycles. The molecule has 0 saturated carbocycles. The zero-order valence-electron chi connectivity index (χ0n) is 9.76. The summed E-state index contributed by atoms with van der Waals surface area (Å²) in [6, 6.07) is 8.56. The van der Waals surface area contributed by atoms with Gasteiger partial charge in [0.1, 0.15) is 5.75 Å². The zero-order valence-corrected chi connectivity index (χ0v) is 12.2. The number of halogens is 1. The average molecular weight is 326 g/mol. The third-order valence-electron chi connectivity index (χ3n) is 2.50. The number of phenols is 1. The Morgan fingerprint density at radius 2 is 2.17 bits per heavy atom. The van der Waals surface area contributed by atoms with Gasteiger partial charge in [0.25, 0.3) is 5.91 Å². The number of amides is 1. The summed E-state index contributed by atoms with van der Waals surface area (Å²) in [7, 11) is 1.72. The lowest BCUT2D eigenvalue weighted by atomic mass is 10.2. The third-order valence-corrected chi connectivity index (χ3v) is 4.18. The number of aromatic hydroxyl groups is 1. The van der Waals surface area contributed by atoms with Crippen LogP contribution in [0.15, 0.2) is 40.2 Å². The molecule has 0 fully saturated rings. The lowest BCUT2D eigenvalue weighted by molar-refractivity contribution is 0.0783. The van der Waals surface area contributed by atoms with Crippen molar-refractivity contribution >= 4 is 33.2 Å². The van der Waals surface area contributed by atoms with Crippen LogP contribution in [0, 0.1) is 0 Å². The quantitative estimate of drug-likeness (QED) is 0.938. The Labute approximate surface area is 118 Å². The average Bonchev–Trinajstić information content (AvgIpc) is 2.74. The Hall–Kier alpha value is -1.33. The predicted octanol–water partition coefficient (Wildman–Crippen LogP) is 3.49. The van der Waals surface area contributed by atoms with E-state index in [4.69, 9.17) is 0 Å². The largest absolute Gasteiger partial charge is 0.507 e. The second kappa shape index (κ2) is 5.54. The molecule has 0 aliphatic rings. The first-order chi connectivity index (χ1) is 8.58. The summed E-state index contributed by atoms with van der Waals surface area (Å²) in [6.07, 6.45) is 0. The standard InChI is InChI=1S/C13H12BrNO2S/c1-15(7-10-6-9(14)8-18-10)13(17)11-4-2-3-5-12(11)16/h2-6,8,16H,7H2,1H3. The minimum absolute atomic E-state index is 0.0155. The topological polar surface area (TPSA) is 40.5 Å². The summed E-state index contributed by atoms with van der Waals surface area (Å²) in [5, 5.41) is 11.6. The van der Waals surface area contributed by atoms with E-state index in [0.29, 0.717) is 12.1 Å². The maximum atomic E-state index is 12.1. The Balaban J connectivity index is 2.12. The van der Waals surface area contributed by atoms with Gasteiger partial charge in [0.2, 0.25) is 0 Å². The number of hydrogen-bond acceptors (Lipinski definition) is 3. The van der Waals surface area contributed by atoms with Gasteiger partial charge in [-0.25, -0.2) is 0 Å². The molecule has 0 atom stereocenters. The van der Waals surface area contributed by atoms with Crippen molar-refractivity contribution in [2.45, 2.75) is 6.54 Å². The molecule has 0 unspecified atom stereocenters. The van der Waals surface area contributed by atoms with Crippen molar-refractivity contribution < 1.29 is 9.90 Å². The van der Waals surface area contributed by atoms with E-state index < -0.39 is 0 Å². The van der Waals surface area contributed by atoms with Gasteiger partial charge in [-0.1, -0.05) is 12.1 Å². The number of hydrogen-bond donors (Lipinski definition) is 1. The molecule has 0 saturated heterocycles. The summed E-state index contributed by atoms with van der Waals surface area (Å²) in [5.74, 6) is -0.167. The van der Waals surface area contributed by atoms with Gasteiger partial charge in [-0.3, -0.25) is 4.79 Å². The van der Waals surface area contributed by atoms with E-state index >= 15 is 0 Å². The fraction of sp³-hybridized carbons (Fsp3) is 0.154. The van der Waals surface area contributed by atoms with Crippen LogP contribution in [0.5, 0.6) is 5.75 Å². The molecule has 1 N–H and O–H groups in total. The van der Waals surface area contributed by atoms with Crippen LogP contribution in [0.25, 0.3) is 0 Å². The Bertz CT molecular complexity index is 568. The predicted molar refractivity (Wildman–Crippen MR) is 75.9 cm³/mol. The number of rotatable bonds is 3. The van der Waals surface area contributed by atoms with E-state index in [9.17, 15) is 9.90 Å². The fourth-order valence-electron chi connectivity index (χ4n) is 1.60. The molecule has 5 heteroatoms. The minimum Gasteiger partial charge on any atom is -0.507 e. The monoisotopic (exact) mass is 325 g/mol. The van der Waals surface area contributed by atoms with Crippen molar-refractivity contribution in [1.82, 2.24) is 4.90 Å². The van der Waals surface area contributed by atoms with Crippen molar-refractivity contribution in [2.24, 2.45) is 0 Å². The lowest BCUT2D eigenvalue weighted by Gasteiger charge is -2.16. The summed E-state index contributed by atoms with van der Waals surface area (Å²) < 4.78 is 1.02. The Kier molecular flexibility index (Phi) is 4.04. The van der Waals surface area contributed by atoms with E-state index in [1.165, 1.54) is 6.07 Å². The van der Waals surface area contributed by atoms with Crippen molar-refractivity contribution in [3.05, 3.63) is 50.6 Å². The molecular weight excluding hydrogens is 314 g/mol. The molecule has 18 heavy (non-hydrogen) atoms. The highest BCUT2D eigenvalue weighted by Gasteiger charge is 2.15. The highest BCUT2D eigenvalue weighted by Crippen LogP contribution is 2.22. The van der Waals surface area contributed by atoms with Gasteiger partial charge in [-0.05, 0) is 34.1 Å². The van der Waals surface area contributed by atoms with Gasteiger partial charge >= 0.3 is 0 Å². The van der Waals surface area contributed by atoms with Gasteiger partial charge < -0.3 is 10.0 Å². The first-order valence-corrected chi connectivity index (χ1v) is 7.01. The van der Waals surface area contributed by atoms with Crippen molar-refractivity contribution in [3.8, 4) is 5.75 Å². The molecule has 1 amide bonds. The lowest BCUT2D eigenvalue weighted by Crippen LogP contribution is -2.25. The van der Waals surface area contributed by atoms with Crippen LogP contribution in [0.3, 0.4) is 0 Å². The van der Waals surface area contributed by atoms with Crippen molar-refractivity contribution in [2.75, 3.05) is 7.05 Å². The summed E-state index contributed by atoms with van der Waals surface area (Å²) in [4.78, 5) is 14.8. The molecule has 3 nitrogen and oxygen atoms in total. The van der Waals surface area contributed by atoms with E-state index in [-0.39, 0.29) is 11.7 Å². The SMILES string of the molecule is CN(Cc1cc(Br)cs1)C(=O)c1ccccc1O. The first-order valence-electron chi connectivity index (χ1n) is 5.34. The van der Waals surface area contributed by atoms with Crippen LogP contribution >= 0.6 is 27.3 Å². The molecule has 1 aromatic heterocycles. The molecule has 0 aliphatic heterocycles. The smallest absolute Gasteiger partial charge is 0.257 e. The van der Waals surface area contributed by atoms with Gasteiger partial charge in [0.05, 0.1) is 12.1 Å². The Morgan fingerprint density at radius 1 is 1.44 bits per heavy atom. The van der Waals surface area contributed by atoms with Crippen LogP contribution in [-0.2, 0) is 6.54 Å². The number of phenolic OH excluding ortho intramolecular Hbond substituents is 1. The van der Waals surface area contributed by atoms with E-state index in [1.807, 2.05) is 11.4 Å². The number of carbonyl (C=O) groups excluding carboxylic acids is 1. The molecule has 0 spiro atoms. The number of carbonyl (C=O) groups is 1. The van der Waals surface area contributed by atoms with Gasteiger partial charge in [0, 0.05) is 21.8 Å². The molecule has 1 aromatic carbocycles. The molecule has 0 bridgehead atoms. The maximum absolute atomic E-state index is 12.1. The van der Waals surface area contributed by atoms with Crippen LogP contribution in [0.4, 0.5) is 0 Å². The highest BCUT2D eigenvalue weighted by atomic mass is 79.9. The van der Waals surface area contributed by atoms with Crippen LogP contribution in [0.2, 0.25) is 0 Å². The fourth-order valence-corrected chi connectivity index (χ4v) is 3.11. The molecule has 2 aromatic rings. The first kappa shape index (κ1) is 13.1. The summed E-state index contributed by atoms with van der Waals surface area (Å²) in [6.45, 7) is 0.531. The van der Waals surface area contributed by atoms with Gasteiger partial charge in [-0.2, -0.15) is 0 Å². The molecule has 94 valence electrons. The van der Waals surface area contributed by atoms with Crippen LogP contribution in [0.1, 0.15) is 15.2 Å². The molecule has 0 aliphatic carbocycles. The summed E-state index contributed by atoms with van der Waals surface area (Å²) in [5.41, 5.74) is 0.329. The minimum atomic E-state index is -0.183. The van der Waals surface area contributed by atoms with Crippen molar-refractivity contribution in [1.29, 1.82) is 0 Å². The van der Waals surface area contributed by atoms with E-state index in [0.717, 1.165) is 9.35 Å². The molecule has 0 radical (unpaired) electrons. The molecular formula is C13H12BrNO2S. The maximum Gasteiger partial charge on any atom is 0.257 e. The number of benzene rings is 1. The van der Waals surface area contributed by atoms with Gasteiger partial charge in [-0.15, -0.1) is 11.3 Å². The number of para-hydroxylation sites is 1. The molecule has 2 rings (SSSR count). The normalized spacial score (nSPS) is 10.3. The number of nitrogens with zero attached hydrogens (tertiary/aromatic N) is 1. The third kappa shape index (κ3) is 2.91. The van der Waals surface area contributed by atoms with Crippen molar-refractivity contribution in [3.63, 3.8) is 0 Å². The van der Waals surface area contributed by atoms with E-state index in [2.05, 4.69) is 15.9 Å². The van der Waals surface area contributed by atoms with Crippen LogP contribution in [-0.4, -0.2) is 23.0 Å².